The zero-order valence-corrected chi connectivity index (χ0v) is 5.74. The number of nitrogens with zero attached hydrogens (tertiary/aromatic N) is 2. The van der Waals surface area contributed by atoms with E-state index in [1.54, 1.807) is 17.0 Å². The quantitative estimate of drug-likeness (QED) is 0.597. The van der Waals surface area contributed by atoms with Gasteiger partial charge in [-0.3, -0.25) is 4.79 Å². The molecular weight excluding hydrogens is 130 g/mol. The zero-order valence-electron chi connectivity index (χ0n) is 5.74. The van der Waals surface area contributed by atoms with Crippen LogP contribution in [0, 0.1) is 0 Å². The molecule has 0 atom stereocenters. The molecule has 0 unspecified atom stereocenters. The van der Waals surface area contributed by atoms with Crippen molar-refractivity contribution in [3.63, 3.8) is 0 Å². The fourth-order valence-corrected chi connectivity index (χ4v) is 0.723. The highest BCUT2D eigenvalue weighted by Gasteiger charge is 2.01. The SMILES string of the molecule is Cn1ccnc1CC(N)=O. The van der Waals surface area contributed by atoms with Crippen molar-refractivity contribution in [2.24, 2.45) is 12.8 Å². The summed E-state index contributed by atoms with van der Waals surface area (Å²) in [6.45, 7) is 0. The number of carbonyl (C=O) groups is 1. The molecule has 0 fully saturated rings. The molecule has 1 aromatic heterocycles. The number of amides is 1. The first kappa shape index (κ1) is 6.80. The van der Waals surface area contributed by atoms with Crippen LogP contribution >= 0.6 is 0 Å². The Morgan fingerprint density at radius 2 is 2.60 bits per heavy atom. The average Bonchev–Trinajstić information content (AvgIpc) is 2.15. The number of imidazole rings is 1. The summed E-state index contributed by atoms with van der Waals surface area (Å²) in [4.78, 5) is 14.3. The Labute approximate surface area is 58.7 Å². The van der Waals surface area contributed by atoms with E-state index in [1.165, 1.54) is 0 Å². The second-order valence-corrected chi connectivity index (χ2v) is 2.10. The van der Waals surface area contributed by atoms with Gasteiger partial charge in [0.25, 0.3) is 0 Å². The first-order valence-corrected chi connectivity index (χ1v) is 2.94. The second-order valence-electron chi connectivity index (χ2n) is 2.10. The van der Waals surface area contributed by atoms with Crippen LogP contribution in [0.1, 0.15) is 5.82 Å². The van der Waals surface area contributed by atoms with Crippen LogP contribution in [0.2, 0.25) is 0 Å². The molecule has 10 heavy (non-hydrogen) atoms. The topological polar surface area (TPSA) is 60.9 Å². The van der Waals surface area contributed by atoms with Gasteiger partial charge in [-0.15, -0.1) is 0 Å². The smallest absolute Gasteiger partial charge is 0.225 e. The van der Waals surface area contributed by atoms with Gasteiger partial charge in [0.2, 0.25) is 5.91 Å². The van der Waals surface area contributed by atoms with Gasteiger partial charge in [-0.1, -0.05) is 0 Å². The Morgan fingerprint density at radius 3 is 3.00 bits per heavy atom. The number of nitrogens with two attached hydrogens (primary N) is 1. The van der Waals surface area contributed by atoms with Crippen molar-refractivity contribution in [3.05, 3.63) is 18.2 Å². The van der Waals surface area contributed by atoms with Crippen LogP contribution in [0.15, 0.2) is 12.4 Å². The zero-order chi connectivity index (χ0) is 7.56. The number of hydrogen-bond donors (Lipinski definition) is 1. The molecule has 1 heterocycles. The predicted molar refractivity (Wildman–Crippen MR) is 36.1 cm³/mol. The highest BCUT2D eigenvalue weighted by Crippen LogP contribution is 1.93. The van der Waals surface area contributed by atoms with E-state index in [0.717, 1.165) is 0 Å². The molecule has 1 rings (SSSR count). The number of rotatable bonds is 2. The van der Waals surface area contributed by atoms with Gasteiger partial charge < -0.3 is 10.3 Å². The van der Waals surface area contributed by atoms with E-state index in [0.29, 0.717) is 5.82 Å². The molecule has 0 saturated carbocycles. The summed E-state index contributed by atoms with van der Waals surface area (Å²) >= 11 is 0. The number of carbonyl (C=O) groups excluding carboxylic acids is 1. The van der Waals surface area contributed by atoms with E-state index in [2.05, 4.69) is 4.98 Å². The fourth-order valence-electron chi connectivity index (χ4n) is 0.723. The third kappa shape index (κ3) is 1.34. The summed E-state index contributed by atoms with van der Waals surface area (Å²) in [6, 6.07) is 0. The van der Waals surface area contributed by atoms with Crippen LogP contribution in [-0.2, 0) is 18.3 Å². The maximum Gasteiger partial charge on any atom is 0.225 e. The van der Waals surface area contributed by atoms with E-state index in [1.807, 2.05) is 7.05 Å². The first-order chi connectivity index (χ1) is 4.70. The number of hydrogen-bond acceptors (Lipinski definition) is 2. The highest BCUT2D eigenvalue weighted by atomic mass is 16.1. The summed E-state index contributed by atoms with van der Waals surface area (Å²) in [5, 5.41) is 0. The number of aryl methyl sites for hydroxylation is 1. The van der Waals surface area contributed by atoms with Gasteiger partial charge in [0.15, 0.2) is 0 Å². The van der Waals surface area contributed by atoms with Crippen molar-refractivity contribution in [2.45, 2.75) is 6.42 Å². The van der Waals surface area contributed by atoms with E-state index in [-0.39, 0.29) is 12.3 Å². The highest BCUT2D eigenvalue weighted by molar-refractivity contribution is 5.75. The Bertz CT molecular complexity index is 241. The first-order valence-electron chi connectivity index (χ1n) is 2.94. The van der Waals surface area contributed by atoms with Gasteiger partial charge in [-0.2, -0.15) is 0 Å². The van der Waals surface area contributed by atoms with Crippen LogP contribution in [0.3, 0.4) is 0 Å². The van der Waals surface area contributed by atoms with E-state index >= 15 is 0 Å². The second kappa shape index (κ2) is 2.51. The molecule has 0 saturated heterocycles. The molecule has 1 aromatic rings. The van der Waals surface area contributed by atoms with E-state index in [9.17, 15) is 4.79 Å². The molecule has 0 radical (unpaired) electrons. The Balaban J connectivity index is 2.74. The minimum atomic E-state index is -0.352. The van der Waals surface area contributed by atoms with Crippen molar-refractivity contribution in [1.29, 1.82) is 0 Å². The Morgan fingerprint density at radius 1 is 1.90 bits per heavy atom. The molecule has 0 bridgehead atoms. The Hall–Kier alpha value is -1.32. The molecule has 4 nitrogen and oxygen atoms in total. The lowest BCUT2D eigenvalue weighted by Gasteiger charge is -1.95. The summed E-state index contributed by atoms with van der Waals surface area (Å²) in [6.07, 6.45) is 3.63. The maximum absolute atomic E-state index is 10.4. The largest absolute Gasteiger partial charge is 0.369 e. The summed E-state index contributed by atoms with van der Waals surface area (Å²) < 4.78 is 1.77. The molecule has 1 amide bonds. The van der Waals surface area contributed by atoms with Gasteiger partial charge in [-0.25, -0.2) is 4.98 Å². The molecule has 0 aromatic carbocycles. The summed E-state index contributed by atoms with van der Waals surface area (Å²) in [5.74, 6) is 0.349. The van der Waals surface area contributed by atoms with Crippen molar-refractivity contribution in [3.8, 4) is 0 Å². The Kier molecular flexibility index (Phi) is 1.71. The van der Waals surface area contributed by atoms with Crippen LogP contribution in [0.5, 0.6) is 0 Å². The van der Waals surface area contributed by atoms with Gasteiger partial charge in [0.05, 0.1) is 6.42 Å². The normalized spacial score (nSPS) is 9.70. The molecule has 0 aliphatic heterocycles. The summed E-state index contributed by atoms with van der Waals surface area (Å²) in [5.41, 5.74) is 4.96. The molecule has 4 heteroatoms. The minimum Gasteiger partial charge on any atom is -0.369 e. The molecule has 2 N–H and O–H groups in total. The molecule has 54 valence electrons. The lowest BCUT2D eigenvalue weighted by atomic mass is 10.4. The van der Waals surface area contributed by atoms with Crippen LogP contribution < -0.4 is 5.73 Å². The third-order valence-corrected chi connectivity index (χ3v) is 1.25. The van der Waals surface area contributed by atoms with Crippen molar-refractivity contribution < 1.29 is 4.79 Å². The number of aromatic nitrogens is 2. The van der Waals surface area contributed by atoms with Crippen molar-refractivity contribution in [2.75, 3.05) is 0 Å². The van der Waals surface area contributed by atoms with E-state index < -0.39 is 0 Å². The monoisotopic (exact) mass is 139 g/mol. The average molecular weight is 139 g/mol. The van der Waals surface area contributed by atoms with Crippen molar-refractivity contribution in [1.82, 2.24) is 9.55 Å². The standard InChI is InChI=1S/C6H9N3O/c1-9-3-2-8-6(9)4-5(7)10/h2-3H,4H2,1H3,(H2,7,10). The molecule has 0 aliphatic carbocycles. The van der Waals surface area contributed by atoms with Gasteiger partial charge >= 0.3 is 0 Å². The van der Waals surface area contributed by atoms with Gasteiger partial charge in [0.1, 0.15) is 5.82 Å². The lowest BCUT2D eigenvalue weighted by Crippen LogP contribution is -2.16. The van der Waals surface area contributed by atoms with Crippen molar-refractivity contribution >= 4 is 5.91 Å². The molecule has 0 spiro atoms. The fraction of sp³-hybridized carbons (Fsp3) is 0.333. The molecular formula is C6H9N3O. The van der Waals surface area contributed by atoms with Gasteiger partial charge in [0, 0.05) is 19.4 Å². The lowest BCUT2D eigenvalue weighted by molar-refractivity contribution is -0.117. The third-order valence-electron chi connectivity index (χ3n) is 1.25. The predicted octanol–water partition coefficient (Wildman–Crippen LogP) is -0.552. The minimum absolute atomic E-state index is 0.212. The van der Waals surface area contributed by atoms with Crippen LogP contribution in [-0.4, -0.2) is 15.5 Å². The maximum atomic E-state index is 10.4. The van der Waals surface area contributed by atoms with Crippen LogP contribution in [0.4, 0.5) is 0 Å². The van der Waals surface area contributed by atoms with E-state index in [4.69, 9.17) is 5.73 Å². The van der Waals surface area contributed by atoms with Gasteiger partial charge in [-0.05, 0) is 0 Å². The number of primary amides is 1. The van der Waals surface area contributed by atoms with Crippen LogP contribution in [0.25, 0.3) is 0 Å². The molecule has 0 aliphatic rings. The summed E-state index contributed by atoms with van der Waals surface area (Å²) in [7, 11) is 1.82.